The molecule has 0 unspecified atom stereocenters. The van der Waals surface area contributed by atoms with E-state index in [1.165, 1.54) is 0 Å². The van der Waals surface area contributed by atoms with E-state index in [2.05, 4.69) is 0 Å². The molecule has 1 aromatic carbocycles. The first-order valence-corrected chi connectivity index (χ1v) is 8.75. The zero-order valence-electron chi connectivity index (χ0n) is 14.0. The van der Waals surface area contributed by atoms with Gasteiger partial charge in [-0.1, -0.05) is 30.3 Å². The molecule has 2 saturated heterocycles. The molecule has 0 N–H and O–H groups in total. The molecule has 1 aliphatic carbocycles. The van der Waals surface area contributed by atoms with Crippen molar-refractivity contribution in [3.63, 3.8) is 0 Å². The average Bonchev–Trinajstić information content (AvgIpc) is 3.11. The zero-order valence-corrected chi connectivity index (χ0v) is 14.0. The van der Waals surface area contributed by atoms with Gasteiger partial charge in [0.2, 0.25) is 5.91 Å². The van der Waals surface area contributed by atoms with Gasteiger partial charge in [0.1, 0.15) is 0 Å². The molecule has 24 heavy (non-hydrogen) atoms. The maximum Gasteiger partial charge on any atom is 0.260 e. The van der Waals surface area contributed by atoms with Gasteiger partial charge >= 0.3 is 0 Å². The lowest BCUT2D eigenvalue weighted by atomic mass is 9.73. The van der Waals surface area contributed by atoms with Crippen LogP contribution in [0.5, 0.6) is 0 Å². The van der Waals surface area contributed by atoms with Gasteiger partial charge in [0.15, 0.2) is 5.67 Å². The summed E-state index contributed by atoms with van der Waals surface area (Å²) in [6.07, 6.45) is 2.05. The Morgan fingerprint density at radius 3 is 2.54 bits per heavy atom. The Balaban J connectivity index is 1.63. The number of benzene rings is 1. The fourth-order valence-electron chi connectivity index (χ4n) is 4.62. The normalized spacial score (nSPS) is 31.6. The lowest BCUT2D eigenvalue weighted by Crippen LogP contribution is -2.50. The number of rotatable bonds is 2. The molecular weight excluding hydrogens is 307 g/mol. The number of likely N-dealkylation sites (tertiary alicyclic amines) is 2. The third-order valence-electron chi connectivity index (χ3n) is 6.22. The average molecular weight is 330 g/mol. The van der Waals surface area contributed by atoms with Crippen LogP contribution in [0, 0.1) is 5.41 Å². The first-order chi connectivity index (χ1) is 11.5. The maximum atomic E-state index is 14.5. The minimum atomic E-state index is -1.68. The molecule has 2 atom stereocenters. The van der Waals surface area contributed by atoms with Gasteiger partial charge in [-0.05, 0) is 31.2 Å². The summed E-state index contributed by atoms with van der Waals surface area (Å²) in [5.41, 5.74) is -1.14. The second-order valence-corrected chi connectivity index (χ2v) is 7.60. The van der Waals surface area contributed by atoms with Crippen LogP contribution in [0.1, 0.15) is 37.2 Å². The van der Waals surface area contributed by atoms with Crippen LogP contribution in [0.3, 0.4) is 0 Å². The fourth-order valence-corrected chi connectivity index (χ4v) is 4.62. The monoisotopic (exact) mass is 330 g/mol. The quantitative estimate of drug-likeness (QED) is 0.835. The molecule has 128 valence electrons. The van der Waals surface area contributed by atoms with Crippen LogP contribution in [0.25, 0.3) is 0 Å². The SMILES string of the molecule is CN1C[C@H](c2ccccc2)[C@@]2(CCN(C(=O)C3(F)CCC3)C2)C1=O. The summed E-state index contributed by atoms with van der Waals surface area (Å²) in [5, 5.41) is 0. The number of alkyl halides is 1. The van der Waals surface area contributed by atoms with Crippen molar-refractivity contribution in [2.75, 3.05) is 26.7 Å². The van der Waals surface area contributed by atoms with E-state index in [0.717, 1.165) is 12.0 Å². The van der Waals surface area contributed by atoms with Gasteiger partial charge in [-0.2, -0.15) is 0 Å². The summed E-state index contributed by atoms with van der Waals surface area (Å²) in [7, 11) is 1.82. The van der Waals surface area contributed by atoms with E-state index < -0.39 is 17.0 Å². The number of hydrogen-bond donors (Lipinski definition) is 0. The largest absolute Gasteiger partial charge is 0.345 e. The van der Waals surface area contributed by atoms with Crippen LogP contribution in [-0.4, -0.2) is 54.0 Å². The fraction of sp³-hybridized carbons (Fsp3) is 0.579. The first kappa shape index (κ1) is 15.6. The molecule has 4 nitrogen and oxygen atoms in total. The van der Waals surface area contributed by atoms with E-state index in [1.54, 1.807) is 9.80 Å². The van der Waals surface area contributed by atoms with E-state index >= 15 is 0 Å². The molecule has 1 spiro atoms. The Kier molecular flexibility index (Phi) is 3.44. The Bertz CT molecular complexity index is 673. The molecule has 5 heteroatoms. The van der Waals surface area contributed by atoms with Gasteiger partial charge < -0.3 is 9.80 Å². The number of likely N-dealkylation sites (N-methyl/N-ethyl adjacent to an activating group) is 1. The van der Waals surface area contributed by atoms with E-state index in [4.69, 9.17) is 0 Å². The summed E-state index contributed by atoms with van der Waals surface area (Å²) >= 11 is 0. The Labute approximate surface area is 141 Å². The molecular formula is C19H23FN2O2. The van der Waals surface area contributed by atoms with Crippen LogP contribution < -0.4 is 0 Å². The second-order valence-electron chi connectivity index (χ2n) is 7.60. The molecule has 0 bridgehead atoms. The van der Waals surface area contributed by atoms with Gasteiger partial charge in [-0.15, -0.1) is 0 Å². The molecule has 1 aromatic rings. The summed E-state index contributed by atoms with van der Waals surface area (Å²) in [4.78, 5) is 28.8. The van der Waals surface area contributed by atoms with Crippen LogP contribution in [-0.2, 0) is 9.59 Å². The molecule has 2 amide bonds. The van der Waals surface area contributed by atoms with Crippen molar-refractivity contribution in [1.82, 2.24) is 9.80 Å². The van der Waals surface area contributed by atoms with E-state index in [-0.39, 0.29) is 11.8 Å². The number of carbonyl (C=O) groups is 2. The predicted octanol–water partition coefficient (Wildman–Crippen LogP) is 2.35. The molecule has 4 rings (SSSR count). The highest BCUT2D eigenvalue weighted by Gasteiger charge is 2.59. The number of amides is 2. The van der Waals surface area contributed by atoms with Crippen LogP contribution in [0.15, 0.2) is 30.3 Å². The number of hydrogen-bond acceptors (Lipinski definition) is 2. The number of nitrogens with zero attached hydrogens (tertiary/aromatic N) is 2. The standard InChI is InChI=1S/C19H23FN2O2/c1-21-12-15(14-6-3-2-4-7-14)18(16(21)23)10-11-22(13-18)17(24)19(20)8-5-9-19/h2-4,6-7,15H,5,8-13H2,1H3/t15-,18+/m1/s1. The molecule has 0 aromatic heterocycles. The van der Waals surface area contributed by atoms with Gasteiger partial charge in [-0.25, -0.2) is 4.39 Å². The summed E-state index contributed by atoms with van der Waals surface area (Å²) < 4.78 is 14.5. The molecule has 2 heterocycles. The lowest BCUT2D eigenvalue weighted by molar-refractivity contribution is -0.149. The summed E-state index contributed by atoms with van der Waals surface area (Å²) in [6.45, 7) is 1.49. The molecule has 0 radical (unpaired) electrons. The van der Waals surface area contributed by atoms with Crippen LogP contribution in [0.2, 0.25) is 0 Å². The predicted molar refractivity (Wildman–Crippen MR) is 88.1 cm³/mol. The molecule has 1 saturated carbocycles. The second kappa shape index (κ2) is 5.30. The summed E-state index contributed by atoms with van der Waals surface area (Å²) in [5.74, 6) is -0.251. The highest BCUT2D eigenvalue weighted by atomic mass is 19.1. The summed E-state index contributed by atoms with van der Waals surface area (Å²) in [6, 6.07) is 10.0. The third kappa shape index (κ3) is 2.10. The van der Waals surface area contributed by atoms with Crippen molar-refractivity contribution in [3.05, 3.63) is 35.9 Å². The highest BCUT2D eigenvalue weighted by molar-refractivity contribution is 5.91. The van der Waals surface area contributed by atoms with Gasteiger partial charge in [-0.3, -0.25) is 9.59 Å². The Hall–Kier alpha value is -1.91. The maximum absolute atomic E-state index is 14.5. The van der Waals surface area contributed by atoms with Gasteiger partial charge in [0.25, 0.3) is 5.91 Å². The number of carbonyl (C=O) groups excluding carboxylic acids is 2. The first-order valence-electron chi connectivity index (χ1n) is 8.75. The molecule has 3 aliphatic rings. The Morgan fingerprint density at radius 2 is 1.92 bits per heavy atom. The van der Waals surface area contributed by atoms with Crippen molar-refractivity contribution in [1.29, 1.82) is 0 Å². The lowest BCUT2D eigenvalue weighted by Gasteiger charge is -2.36. The highest BCUT2D eigenvalue weighted by Crippen LogP contribution is 2.50. The van der Waals surface area contributed by atoms with E-state index in [1.807, 2.05) is 37.4 Å². The zero-order chi connectivity index (χ0) is 16.9. The van der Waals surface area contributed by atoms with Crippen molar-refractivity contribution >= 4 is 11.8 Å². The van der Waals surface area contributed by atoms with Crippen LogP contribution >= 0.6 is 0 Å². The Morgan fingerprint density at radius 1 is 1.21 bits per heavy atom. The van der Waals surface area contributed by atoms with Gasteiger partial charge in [0, 0.05) is 32.6 Å². The molecule has 2 aliphatic heterocycles. The van der Waals surface area contributed by atoms with Gasteiger partial charge in [0.05, 0.1) is 5.41 Å². The van der Waals surface area contributed by atoms with Crippen molar-refractivity contribution < 1.29 is 14.0 Å². The smallest absolute Gasteiger partial charge is 0.260 e. The third-order valence-corrected chi connectivity index (χ3v) is 6.22. The van der Waals surface area contributed by atoms with E-state index in [0.29, 0.717) is 38.9 Å². The van der Waals surface area contributed by atoms with Crippen molar-refractivity contribution in [3.8, 4) is 0 Å². The minimum absolute atomic E-state index is 0.0611. The topological polar surface area (TPSA) is 40.6 Å². The minimum Gasteiger partial charge on any atom is -0.345 e. The number of halogens is 1. The van der Waals surface area contributed by atoms with Crippen molar-refractivity contribution in [2.45, 2.75) is 37.3 Å². The van der Waals surface area contributed by atoms with Crippen molar-refractivity contribution in [2.24, 2.45) is 5.41 Å². The van der Waals surface area contributed by atoms with E-state index in [9.17, 15) is 14.0 Å². The molecule has 3 fully saturated rings. The van der Waals surface area contributed by atoms with Crippen LogP contribution in [0.4, 0.5) is 4.39 Å².